The van der Waals surface area contributed by atoms with Crippen LogP contribution in [-0.4, -0.2) is 31.5 Å². The number of aryl methyl sites for hydroxylation is 1. The Morgan fingerprint density at radius 2 is 1.83 bits per heavy atom. The molecule has 0 N–H and O–H groups in total. The number of amides is 1. The third-order valence-corrected chi connectivity index (χ3v) is 6.18. The lowest BCUT2D eigenvalue weighted by Gasteiger charge is -2.18. The maximum absolute atomic E-state index is 12.2. The Labute approximate surface area is 178 Å². The highest BCUT2D eigenvalue weighted by molar-refractivity contribution is 7.90. The maximum Gasteiger partial charge on any atom is 0.338 e. The van der Waals surface area contributed by atoms with Gasteiger partial charge in [0, 0.05) is 18.6 Å². The molecule has 0 saturated heterocycles. The van der Waals surface area contributed by atoms with Gasteiger partial charge in [0.25, 0.3) is 0 Å². The fourth-order valence-electron chi connectivity index (χ4n) is 2.72. The van der Waals surface area contributed by atoms with E-state index in [0.29, 0.717) is 16.5 Å². The molecule has 1 aromatic heterocycles. The Bertz CT molecular complexity index is 1180. The lowest BCUT2D eigenvalue weighted by atomic mass is 10.2. The first-order valence-corrected chi connectivity index (χ1v) is 11.7. The molecule has 0 radical (unpaired) electrons. The molecule has 0 unspecified atom stereocenters. The SMILES string of the molecule is CC(=O)N(c1cccc(C)c1)c1nc(COC(=O)c2ccc(S(C)(=O)=O)cc2)cs1. The summed E-state index contributed by atoms with van der Waals surface area (Å²) in [6.07, 6.45) is 1.10. The van der Waals surface area contributed by atoms with Crippen LogP contribution in [0.2, 0.25) is 0 Å². The Balaban J connectivity index is 1.70. The number of carbonyl (C=O) groups is 2. The normalized spacial score (nSPS) is 11.2. The van der Waals surface area contributed by atoms with Crippen molar-refractivity contribution in [2.75, 3.05) is 11.2 Å². The number of rotatable bonds is 6. The zero-order chi connectivity index (χ0) is 21.9. The van der Waals surface area contributed by atoms with Gasteiger partial charge in [-0.1, -0.05) is 12.1 Å². The van der Waals surface area contributed by atoms with Gasteiger partial charge in [0.2, 0.25) is 5.91 Å². The zero-order valence-electron chi connectivity index (χ0n) is 16.7. The summed E-state index contributed by atoms with van der Waals surface area (Å²) in [6.45, 7) is 3.34. The van der Waals surface area contributed by atoms with E-state index >= 15 is 0 Å². The van der Waals surface area contributed by atoms with Gasteiger partial charge in [-0.2, -0.15) is 0 Å². The minimum Gasteiger partial charge on any atom is -0.456 e. The fraction of sp³-hybridized carbons (Fsp3) is 0.190. The van der Waals surface area contributed by atoms with Gasteiger partial charge in [0.1, 0.15) is 6.61 Å². The maximum atomic E-state index is 12.2. The predicted octanol–water partition coefficient (Wildman–Crippen LogP) is 3.90. The molecule has 1 heterocycles. The average Bonchev–Trinajstić information content (AvgIpc) is 3.14. The van der Waals surface area contributed by atoms with Gasteiger partial charge in [-0.25, -0.2) is 18.2 Å². The van der Waals surface area contributed by atoms with Crippen LogP contribution in [0.5, 0.6) is 0 Å². The first-order valence-electron chi connectivity index (χ1n) is 8.94. The van der Waals surface area contributed by atoms with Crippen LogP contribution in [0.15, 0.2) is 58.8 Å². The van der Waals surface area contributed by atoms with Crippen LogP contribution < -0.4 is 4.90 Å². The lowest BCUT2D eigenvalue weighted by Crippen LogP contribution is -2.22. The molecular weight excluding hydrogens is 424 g/mol. The van der Waals surface area contributed by atoms with Crippen molar-refractivity contribution < 1.29 is 22.7 Å². The summed E-state index contributed by atoms with van der Waals surface area (Å²) in [5.41, 5.74) is 2.48. The first-order chi connectivity index (χ1) is 14.1. The lowest BCUT2D eigenvalue weighted by molar-refractivity contribution is -0.115. The third-order valence-electron chi connectivity index (χ3n) is 4.17. The van der Waals surface area contributed by atoms with E-state index in [1.165, 1.54) is 47.4 Å². The number of ether oxygens (including phenoxy) is 1. The Morgan fingerprint density at radius 1 is 1.13 bits per heavy atom. The summed E-state index contributed by atoms with van der Waals surface area (Å²) in [7, 11) is -3.33. The van der Waals surface area contributed by atoms with Crippen LogP contribution >= 0.6 is 11.3 Å². The summed E-state index contributed by atoms with van der Waals surface area (Å²) in [6, 6.07) is 13.1. The standard InChI is InChI=1S/C21H20N2O5S2/c1-14-5-4-6-18(11-14)23(15(2)24)21-22-17(13-29-21)12-28-20(25)16-7-9-19(10-8-16)30(3,26)27/h4-11,13H,12H2,1-3H3. The molecule has 0 fully saturated rings. The summed E-state index contributed by atoms with van der Waals surface area (Å²) in [5.74, 6) is -0.767. The van der Waals surface area contributed by atoms with Gasteiger partial charge in [-0.05, 0) is 48.9 Å². The van der Waals surface area contributed by atoms with E-state index in [1.807, 2.05) is 31.2 Å². The smallest absolute Gasteiger partial charge is 0.338 e. The van der Waals surface area contributed by atoms with E-state index in [2.05, 4.69) is 4.98 Å². The highest BCUT2D eigenvalue weighted by atomic mass is 32.2. The number of hydrogen-bond donors (Lipinski definition) is 0. The second-order valence-electron chi connectivity index (χ2n) is 6.69. The predicted molar refractivity (Wildman–Crippen MR) is 115 cm³/mol. The highest BCUT2D eigenvalue weighted by Gasteiger charge is 2.19. The molecule has 7 nitrogen and oxygen atoms in total. The minimum absolute atomic E-state index is 0.0667. The number of benzene rings is 2. The van der Waals surface area contributed by atoms with E-state index in [0.717, 1.165) is 11.8 Å². The van der Waals surface area contributed by atoms with Gasteiger partial charge in [0.05, 0.1) is 21.8 Å². The minimum atomic E-state index is -3.33. The second kappa shape index (κ2) is 8.76. The van der Waals surface area contributed by atoms with Crippen molar-refractivity contribution in [3.63, 3.8) is 0 Å². The van der Waals surface area contributed by atoms with Crippen LogP contribution in [0, 0.1) is 6.92 Å². The van der Waals surface area contributed by atoms with Crippen LogP contribution in [0.3, 0.4) is 0 Å². The van der Waals surface area contributed by atoms with Crippen molar-refractivity contribution in [2.45, 2.75) is 25.3 Å². The van der Waals surface area contributed by atoms with Gasteiger partial charge in [-0.15, -0.1) is 11.3 Å². The average molecular weight is 445 g/mol. The van der Waals surface area contributed by atoms with Crippen LogP contribution in [0.1, 0.15) is 28.5 Å². The summed E-state index contributed by atoms with van der Waals surface area (Å²) in [4.78, 5) is 30.5. The molecule has 0 bridgehead atoms. The van der Waals surface area contributed by atoms with Crippen molar-refractivity contribution in [1.82, 2.24) is 4.98 Å². The molecule has 156 valence electrons. The monoisotopic (exact) mass is 444 g/mol. The molecule has 9 heteroatoms. The van der Waals surface area contributed by atoms with Gasteiger partial charge < -0.3 is 4.74 Å². The summed E-state index contributed by atoms with van der Waals surface area (Å²) < 4.78 is 28.3. The second-order valence-corrected chi connectivity index (χ2v) is 9.54. The molecule has 0 spiro atoms. The highest BCUT2D eigenvalue weighted by Crippen LogP contribution is 2.29. The summed E-state index contributed by atoms with van der Waals surface area (Å²) >= 11 is 1.27. The van der Waals surface area contributed by atoms with Crippen LogP contribution in [0.4, 0.5) is 10.8 Å². The Hall–Kier alpha value is -3.04. The van der Waals surface area contributed by atoms with Crippen molar-refractivity contribution in [3.8, 4) is 0 Å². The largest absolute Gasteiger partial charge is 0.456 e. The van der Waals surface area contributed by atoms with E-state index in [-0.39, 0.29) is 23.0 Å². The molecule has 0 atom stereocenters. The van der Waals surface area contributed by atoms with E-state index in [9.17, 15) is 18.0 Å². The van der Waals surface area contributed by atoms with Crippen LogP contribution in [0.25, 0.3) is 0 Å². The zero-order valence-corrected chi connectivity index (χ0v) is 18.3. The van der Waals surface area contributed by atoms with Crippen molar-refractivity contribution in [1.29, 1.82) is 0 Å². The Kier molecular flexibility index (Phi) is 6.33. The molecule has 3 aromatic rings. The molecular formula is C21H20N2O5S2. The number of thiazole rings is 1. The fourth-order valence-corrected chi connectivity index (χ4v) is 4.22. The third kappa shape index (κ3) is 5.11. The molecule has 30 heavy (non-hydrogen) atoms. The number of carbonyl (C=O) groups excluding carboxylic acids is 2. The van der Waals surface area contributed by atoms with Crippen LogP contribution in [-0.2, 0) is 26.0 Å². The molecule has 1 amide bonds. The van der Waals surface area contributed by atoms with E-state index < -0.39 is 15.8 Å². The van der Waals surface area contributed by atoms with Gasteiger partial charge in [-0.3, -0.25) is 9.69 Å². The molecule has 0 saturated carbocycles. The number of esters is 1. The number of sulfone groups is 1. The molecule has 3 rings (SSSR count). The number of aromatic nitrogens is 1. The van der Waals surface area contributed by atoms with Crippen molar-refractivity contribution in [3.05, 3.63) is 70.7 Å². The molecule has 2 aromatic carbocycles. The molecule has 0 aliphatic heterocycles. The number of nitrogens with zero attached hydrogens (tertiary/aromatic N) is 2. The van der Waals surface area contributed by atoms with E-state index in [4.69, 9.17) is 4.74 Å². The number of anilines is 2. The molecule has 0 aliphatic rings. The van der Waals surface area contributed by atoms with Gasteiger partial charge >= 0.3 is 5.97 Å². The quantitative estimate of drug-likeness (QED) is 0.536. The van der Waals surface area contributed by atoms with E-state index in [1.54, 1.807) is 5.38 Å². The number of hydrogen-bond acceptors (Lipinski definition) is 7. The topological polar surface area (TPSA) is 93.6 Å². The van der Waals surface area contributed by atoms with Crippen molar-refractivity contribution in [2.24, 2.45) is 0 Å². The first kappa shape index (κ1) is 21.7. The van der Waals surface area contributed by atoms with Crippen molar-refractivity contribution >= 4 is 43.9 Å². The molecule has 0 aliphatic carbocycles. The Morgan fingerprint density at radius 3 is 2.43 bits per heavy atom. The van der Waals surface area contributed by atoms with Gasteiger partial charge in [0.15, 0.2) is 15.0 Å². The summed E-state index contributed by atoms with van der Waals surface area (Å²) in [5, 5.41) is 2.21.